The van der Waals surface area contributed by atoms with E-state index in [1.807, 2.05) is 0 Å². The molecule has 0 aliphatic carbocycles. The van der Waals surface area contributed by atoms with Crippen molar-refractivity contribution in [2.24, 2.45) is 0 Å². The first-order valence-electron chi connectivity index (χ1n) is 9.80. The number of ether oxygens (including phenoxy) is 1. The van der Waals surface area contributed by atoms with Gasteiger partial charge in [0.2, 0.25) is 10.0 Å². The number of carbonyl (C=O) groups excluding carboxylic acids is 1. The second kappa shape index (κ2) is 9.53. The quantitative estimate of drug-likeness (QED) is 0.741. The summed E-state index contributed by atoms with van der Waals surface area (Å²) in [4.78, 5) is 12.5. The molecular weight excluding hydrogens is 414 g/mol. The number of nitrogens with zero attached hydrogens (tertiary/aromatic N) is 1. The van der Waals surface area contributed by atoms with Gasteiger partial charge in [-0.25, -0.2) is 17.2 Å². The van der Waals surface area contributed by atoms with Crippen LogP contribution in [0.1, 0.15) is 32.6 Å². The third-order valence-electron chi connectivity index (χ3n) is 4.90. The second-order valence-electron chi connectivity index (χ2n) is 7.17. The molecule has 6 nitrogen and oxygen atoms in total. The number of benzene rings is 2. The van der Waals surface area contributed by atoms with Gasteiger partial charge in [0.1, 0.15) is 5.75 Å². The smallest absolute Gasteiger partial charge is 0.265 e. The highest BCUT2D eigenvalue weighted by Gasteiger charge is 2.25. The molecule has 1 amide bonds. The van der Waals surface area contributed by atoms with Crippen LogP contribution in [0.4, 0.5) is 14.5 Å². The van der Waals surface area contributed by atoms with E-state index >= 15 is 0 Å². The summed E-state index contributed by atoms with van der Waals surface area (Å²) >= 11 is 0. The van der Waals surface area contributed by atoms with Gasteiger partial charge in [-0.15, -0.1) is 0 Å². The SMILES string of the molecule is CC(Oc1ccc(F)c(F)c1)C(=O)Nc1ccc(S(=O)(=O)N2CCCCCC2)cc1. The molecule has 1 saturated heterocycles. The van der Waals surface area contributed by atoms with Gasteiger partial charge in [0, 0.05) is 24.8 Å². The van der Waals surface area contributed by atoms with Gasteiger partial charge in [-0.1, -0.05) is 12.8 Å². The summed E-state index contributed by atoms with van der Waals surface area (Å²) in [7, 11) is -3.57. The second-order valence-corrected chi connectivity index (χ2v) is 9.11. The van der Waals surface area contributed by atoms with E-state index in [2.05, 4.69) is 5.32 Å². The predicted molar refractivity (Wildman–Crippen MR) is 109 cm³/mol. The van der Waals surface area contributed by atoms with E-state index in [9.17, 15) is 22.0 Å². The summed E-state index contributed by atoms with van der Waals surface area (Å²) in [5, 5.41) is 2.62. The van der Waals surface area contributed by atoms with Crippen molar-refractivity contribution >= 4 is 21.6 Å². The minimum Gasteiger partial charge on any atom is -0.481 e. The van der Waals surface area contributed by atoms with Crippen LogP contribution in [0.3, 0.4) is 0 Å². The first-order valence-corrected chi connectivity index (χ1v) is 11.2. The Bertz CT molecular complexity index is 989. The zero-order valence-corrected chi connectivity index (χ0v) is 17.4. The molecule has 0 spiro atoms. The van der Waals surface area contributed by atoms with Crippen LogP contribution in [0.5, 0.6) is 5.75 Å². The van der Waals surface area contributed by atoms with Crippen molar-refractivity contribution in [1.82, 2.24) is 4.31 Å². The van der Waals surface area contributed by atoms with E-state index in [1.165, 1.54) is 41.6 Å². The maximum absolute atomic E-state index is 13.3. The number of hydrogen-bond donors (Lipinski definition) is 1. The number of sulfonamides is 1. The van der Waals surface area contributed by atoms with Gasteiger partial charge in [-0.2, -0.15) is 4.31 Å². The molecule has 2 aromatic rings. The van der Waals surface area contributed by atoms with E-state index in [1.54, 1.807) is 0 Å². The topological polar surface area (TPSA) is 75.7 Å². The van der Waals surface area contributed by atoms with Crippen molar-refractivity contribution in [3.05, 3.63) is 54.1 Å². The molecule has 1 unspecified atom stereocenters. The average molecular weight is 438 g/mol. The lowest BCUT2D eigenvalue weighted by molar-refractivity contribution is -0.122. The third-order valence-corrected chi connectivity index (χ3v) is 6.81. The molecule has 0 saturated carbocycles. The van der Waals surface area contributed by atoms with Crippen LogP contribution in [-0.4, -0.2) is 37.8 Å². The number of nitrogens with one attached hydrogen (secondary N) is 1. The lowest BCUT2D eigenvalue weighted by atomic mass is 10.2. The number of amides is 1. The number of carbonyl (C=O) groups is 1. The molecule has 0 bridgehead atoms. The van der Waals surface area contributed by atoms with Crippen molar-refractivity contribution in [3.63, 3.8) is 0 Å². The zero-order chi connectivity index (χ0) is 21.7. The van der Waals surface area contributed by atoms with E-state index in [0.29, 0.717) is 18.8 Å². The Morgan fingerprint density at radius 2 is 1.63 bits per heavy atom. The van der Waals surface area contributed by atoms with Gasteiger partial charge in [0.05, 0.1) is 4.90 Å². The summed E-state index contributed by atoms with van der Waals surface area (Å²) in [5.41, 5.74) is 0.399. The van der Waals surface area contributed by atoms with Gasteiger partial charge < -0.3 is 10.1 Å². The molecule has 1 fully saturated rings. The molecule has 1 aliphatic rings. The maximum Gasteiger partial charge on any atom is 0.265 e. The highest BCUT2D eigenvalue weighted by Crippen LogP contribution is 2.22. The van der Waals surface area contributed by atoms with Crippen LogP contribution in [0.15, 0.2) is 47.4 Å². The molecule has 162 valence electrons. The highest BCUT2D eigenvalue weighted by atomic mass is 32.2. The van der Waals surface area contributed by atoms with Crippen LogP contribution in [0, 0.1) is 11.6 Å². The molecule has 0 radical (unpaired) electrons. The third kappa shape index (κ3) is 5.34. The molecule has 9 heteroatoms. The average Bonchev–Trinajstić information content (AvgIpc) is 3.01. The van der Waals surface area contributed by atoms with E-state index in [0.717, 1.165) is 37.8 Å². The van der Waals surface area contributed by atoms with Gasteiger partial charge in [-0.3, -0.25) is 4.79 Å². The Morgan fingerprint density at radius 1 is 1.00 bits per heavy atom. The van der Waals surface area contributed by atoms with Gasteiger partial charge in [0.25, 0.3) is 5.91 Å². The molecule has 1 atom stereocenters. The molecule has 1 N–H and O–H groups in total. The molecule has 3 rings (SSSR count). The molecule has 1 heterocycles. The fourth-order valence-electron chi connectivity index (χ4n) is 3.19. The number of hydrogen-bond acceptors (Lipinski definition) is 4. The lowest BCUT2D eigenvalue weighted by Gasteiger charge is -2.20. The van der Waals surface area contributed by atoms with Gasteiger partial charge >= 0.3 is 0 Å². The summed E-state index contributed by atoms with van der Waals surface area (Å²) in [5.74, 6) is -2.56. The van der Waals surface area contributed by atoms with Crippen molar-refractivity contribution in [2.45, 2.75) is 43.6 Å². The summed E-state index contributed by atoms with van der Waals surface area (Å²) in [6.07, 6.45) is 2.78. The number of halogens is 2. The Morgan fingerprint density at radius 3 is 2.23 bits per heavy atom. The Labute approximate surface area is 174 Å². The molecule has 1 aliphatic heterocycles. The van der Waals surface area contributed by atoms with E-state index < -0.39 is 33.7 Å². The minimum absolute atomic E-state index is 0.0236. The molecule has 30 heavy (non-hydrogen) atoms. The zero-order valence-electron chi connectivity index (χ0n) is 16.6. The van der Waals surface area contributed by atoms with Crippen molar-refractivity contribution in [1.29, 1.82) is 0 Å². The van der Waals surface area contributed by atoms with Crippen LogP contribution >= 0.6 is 0 Å². The molecular formula is C21H24F2N2O4S. The summed E-state index contributed by atoms with van der Waals surface area (Å²) in [6, 6.07) is 8.93. The van der Waals surface area contributed by atoms with E-state index in [4.69, 9.17) is 4.74 Å². The minimum atomic E-state index is -3.57. The van der Waals surface area contributed by atoms with Crippen molar-refractivity contribution in [2.75, 3.05) is 18.4 Å². The summed E-state index contributed by atoms with van der Waals surface area (Å²) < 4.78 is 58.7. The van der Waals surface area contributed by atoms with E-state index in [-0.39, 0.29) is 10.6 Å². The highest BCUT2D eigenvalue weighted by molar-refractivity contribution is 7.89. The standard InChI is InChI=1S/C21H24F2N2O4S/c1-15(29-17-8-11-19(22)20(23)14-17)21(26)24-16-6-9-18(10-7-16)30(27,28)25-12-4-2-3-5-13-25/h6-11,14-15H,2-5,12-13H2,1H3,(H,24,26). The number of anilines is 1. The normalized spacial score (nSPS) is 16.5. The van der Waals surface area contributed by atoms with Crippen molar-refractivity contribution < 1.29 is 26.7 Å². The predicted octanol–water partition coefficient (Wildman–Crippen LogP) is 3.94. The summed E-state index contributed by atoms with van der Waals surface area (Å²) in [6.45, 7) is 2.49. The first-order chi connectivity index (χ1) is 14.3. The first kappa shape index (κ1) is 22.2. The Balaban J connectivity index is 1.62. The lowest BCUT2D eigenvalue weighted by Crippen LogP contribution is -2.32. The monoisotopic (exact) mass is 438 g/mol. The maximum atomic E-state index is 13.3. The Kier molecular flexibility index (Phi) is 7.04. The number of rotatable bonds is 6. The van der Waals surface area contributed by atoms with Gasteiger partial charge in [-0.05, 0) is 56.2 Å². The van der Waals surface area contributed by atoms with Crippen LogP contribution in [0.2, 0.25) is 0 Å². The van der Waals surface area contributed by atoms with Crippen LogP contribution < -0.4 is 10.1 Å². The van der Waals surface area contributed by atoms with Gasteiger partial charge in [0.15, 0.2) is 17.7 Å². The fourth-order valence-corrected chi connectivity index (χ4v) is 4.71. The Hall–Kier alpha value is -2.52. The van der Waals surface area contributed by atoms with Crippen molar-refractivity contribution in [3.8, 4) is 5.75 Å². The van der Waals surface area contributed by atoms with Crippen LogP contribution in [0.25, 0.3) is 0 Å². The molecule has 2 aromatic carbocycles. The largest absolute Gasteiger partial charge is 0.481 e. The van der Waals surface area contributed by atoms with Crippen LogP contribution in [-0.2, 0) is 14.8 Å². The molecule has 0 aromatic heterocycles. The fraction of sp³-hybridized carbons (Fsp3) is 0.381.